The van der Waals surface area contributed by atoms with Gasteiger partial charge >= 0.3 is 12.0 Å². The molecule has 6 heteroatoms. The monoisotopic (exact) mass is 291 g/mol. The summed E-state index contributed by atoms with van der Waals surface area (Å²) in [4.78, 5) is 31.2. The smallest absolute Gasteiger partial charge is 0.326 e. The third-order valence-electron chi connectivity index (χ3n) is 3.73. The van der Waals surface area contributed by atoms with Gasteiger partial charge in [0.25, 0.3) is 0 Å². The van der Waals surface area contributed by atoms with E-state index in [9.17, 15) is 14.7 Å². The highest BCUT2D eigenvalue weighted by Crippen LogP contribution is 2.20. The third kappa shape index (κ3) is 3.51. The predicted octanol–water partition coefficient (Wildman–Crippen LogP) is 1.88. The maximum absolute atomic E-state index is 12.5. The Bertz CT molecular complexity index is 533. The van der Waals surface area contributed by atoms with Crippen LogP contribution in [-0.2, 0) is 11.3 Å². The van der Waals surface area contributed by atoms with Gasteiger partial charge in [-0.15, -0.1) is 0 Å². The zero-order valence-electron chi connectivity index (χ0n) is 12.5. The van der Waals surface area contributed by atoms with E-state index >= 15 is 0 Å². The number of aliphatic carboxylic acids is 1. The number of carboxylic acids is 1. The lowest BCUT2D eigenvalue weighted by molar-refractivity contribution is -0.141. The van der Waals surface area contributed by atoms with Gasteiger partial charge in [0.2, 0.25) is 0 Å². The molecular formula is C15H21N3O3. The lowest BCUT2D eigenvalue weighted by Gasteiger charge is -2.29. The average Bonchev–Trinajstić information content (AvgIpc) is 2.93. The number of urea groups is 1. The van der Waals surface area contributed by atoms with Crippen LogP contribution in [-0.4, -0.2) is 51.0 Å². The molecular weight excluding hydrogens is 270 g/mol. The SMILES string of the molecule is CCN(Cc1cccc(C)n1)C(=O)N1CCCC1C(=O)O. The van der Waals surface area contributed by atoms with Crippen molar-refractivity contribution in [1.29, 1.82) is 0 Å². The van der Waals surface area contributed by atoms with E-state index in [0.29, 0.717) is 26.1 Å². The van der Waals surface area contributed by atoms with Gasteiger partial charge in [-0.3, -0.25) is 4.98 Å². The van der Waals surface area contributed by atoms with Crippen molar-refractivity contribution < 1.29 is 14.7 Å². The van der Waals surface area contributed by atoms with E-state index in [1.54, 1.807) is 4.90 Å². The highest BCUT2D eigenvalue weighted by molar-refractivity contribution is 5.83. The molecule has 1 saturated heterocycles. The molecule has 114 valence electrons. The van der Waals surface area contributed by atoms with Gasteiger partial charge in [-0.05, 0) is 38.8 Å². The first-order chi connectivity index (χ1) is 10.0. The second kappa shape index (κ2) is 6.56. The summed E-state index contributed by atoms with van der Waals surface area (Å²) in [6.07, 6.45) is 1.27. The number of pyridine rings is 1. The zero-order valence-corrected chi connectivity index (χ0v) is 12.5. The molecule has 21 heavy (non-hydrogen) atoms. The van der Waals surface area contributed by atoms with Gasteiger partial charge in [-0.25, -0.2) is 9.59 Å². The summed E-state index contributed by atoms with van der Waals surface area (Å²) in [6, 6.07) is 4.78. The first-order valence-corrected chi connectivity index (χ1v) is 7.23. The Labute approximate surface area is 124 Å². The molecule has 1 fully saturated rings. The quantitative estimate of drug-likeness (QED) is 0.919. The largest absolute Gasteiger partial charge is 0.480 e. The van der Waals surface area contributed by atoms with Gasteiger partial charge in [0, 0.05) is 18.8 Å². The number of carbonyl (C=O) groups is 2. The predicted molar refractivity (Wildman–Crippen MR) is 77.8 cm³/mol. The van der Waals surface area contributed by atoms with Crippen LogP contribution in [0.2, 0.25) is 0 Å². The fraction of sp³-hybridized carbons (Fsp3) is 0.533. The molecule has 1 atom stereocenters. The molecule has 1 unspecified atom stereocenters. The molecule has 2 amide bonds. The standard InChI is InChI=1S/C15H21N3O3/c1-3-17(10-12-7-4-6-11(2)16-12)15(21)18-9-5-8-13(18)14(19)20/h4,6-7,13H,3,5,8-10H2,1-2H3,(H,19,20). The fourth-order valence-corrected chi connectivity index (χ4v) is 2.63. The van der Waals surface area contributed by atoms with Gasteiger partial charge in [0.05, 0.1) is 12.2 Å². The summed E-state index contributed by atoms with van der Waals surface area (Å²) in [5.41, 5.74) is 1.72. The zero-order chi connectivity index (χ0) is 15.4. The van der Waals surface area contributed by atoms with Crippen LogP contribution in [0.5, 0.6) is 0 Å². The topological polar surface area (TPSA) is 73.7 Å². The highest BCUT2D eigenvalue weighted by atomic mass is 16.4. The van der Waals surface area contributed by atoms with E-state index in [4.69, 9.17) is 0 Å². The van der Waals surface area contributed by atoms with Crippen LogP contribution in [0.25, 0.3) is 0 Å². The number of carbonyl (C=O) groups excluding carboxylic acids is 1. The summed E-state index contributed by atoms with van der Waals surface area (Å²) in [5, 5.41) is 9.19. The summed E-state index contributed by atoms with van der Waals surface area (Å²) < 4.78 is 0. The third-order valence-corrected chi connectivity index (χ3v) is 3.73. The van der Waals surface area contributed by atoms with E-state index in [2.05, 4.69) is 4.98 Å². The fourth-order valence-electron chi connectivity index (χ4n) is 2.63. The van der Waals surface area contributed by atoms with Crippen LogP contribution in [0.3, 0.4) is 0 Å². The minimum atomic E-state index is -0.925. The van der Waals surface area contributed by atoms with Crippen LogP contribution < -0.4 is 0 Å². The number of rotatable bonds is 4. The first kappa shape index (κ1) is 15.3. The maximum atomic E-state index is 12.5. The molecule has 1 aliphatic rings. The number of carboxylic acid groups (broad SMARTS) is 1. The van der Waals surface area contributed by atoms with E-state index in [-0.39, 0.29) is 6.03 Å². The van der Waals surface area contributed by atoms with E-state index < -0.39 is 12.0 Å². The molecule has 1 aliphatic heterocycles. The van der Waals surface area contributed by atoms with Crippen molar-refractivity contribution in [3.63, 3.8) is 0 Å². The van der Waals surface area contributed by atoms with Gasteiger partial charge in [0.1, 0.15) is 6.04 Å². The number of hydrogen-bond donors (Lipinski definition) is 1. The summed E-state index contributed by atoms with van der Waals surface area (Å²) in [7, 11) is 0. The molecule has 1 aromatic heterocycles. The van der Waals surface area contributed by atoms with Crippen molar-refractivity contribution in [2.75, 3.05) is 13.1 Å². The molecule has 0 aromatic carbocycles. The van der Waals surface area contributed by atoms with Gasteiger partial charge in [-0.1, -0.05) is 6.07 Å². The summed E-state index contributed by atoms with van der Waals surface area (Å²) >= 11 is 0. The number of aromatic nitrogens is 1. The molecule has 0 aliphatic carbocycles. The van der Waals surface area contributed by atoms with Crippen molar-refractivity contribution in [1.82, 2.24) is 14.8 Å². The van der Waals surface area contributed by atoms with Crippen LogP contribution in [0.4, 0.5) is 4.79 Å². The van der Waals surface area contributed by atoms with Crippen molar-refractivity contribution in [3.05, 3.63) is 29.6 Å². The Balaban J connectivity index is 2.10. The van der Waals surface area contributed by atoms with Gasteiger partial charge < -0.3 is 14.9 Å². The second-order valence-electron chi connectivity index (χ2n) is 5.26. The van der Waals surface area contributed by atoms with Crippen LogP contribution in [0, 0.1) is 6.92 Å². The van der Waals surface area contributed by atoms with Crippen molar-refractivity contribution in [3.8, 4) is 0 Å². The minimum Gasteiger partial charge on any atom is -0.480 e. The minimum absolute atomic E-state index is 0.217. The second-order valence-corrected chi connectivity index (χ2v) is 5.26. The number of aryl methyl sites for hydroxylation is 1. The van der Waals surface area contributed by atoms with Crippen LogP contribution in [0.15, 0.2) is 18.2 Å². The molecule has 1 aromatic rings. The van der Waals surface area contributed by atoms with Crippen LogP contribution in [0.1, 0.15) is 31.2 Å². The van der Waals surface area contributed by atoms with E-state index in [1.807, 2.05) is 32.0 Å². The molecule has 6 nitrogen and oxygen atoms in total. The molecule has 0 radical (unpaired) electrons. The molecule has 0 saturated carbocycles. The number of likely N-dealkylation sites (tertiary alicyclic amines) is 1. The normalized spacial score (nSPS) is 17.8. The summed E-state index contributed by atoms with van der Waals surface area (Å²) in [5.74, 6) is -0.925. The van der Waals surface area contributed by atoms with Gasteiger partial charge in [-0.2, -0.15) is 0 Å². The first-order valence-electron chi connectivity index (χ1n) is 7.23. The average molecular weight is 291 g/mol. The Morgan fingerprint density at radius 3 is 2.86 bits per heavy atom. The number of hydrogen-bond acceptors (Lipinski definition) is 3. The number of nitrogens with zero attached hydrogens (tertiary/aromatic N) is 3. The Kier molecular flexibility index (Phi) is 4.77. The van der Waals surface area contributed by atoms with Crippen molar-refractivity contribution in [2.24, 2.45) is 0 Å². The molecule has 1 N–H and O–H groups in total. The van der Waals surface area contributed by atoms with E-state index in [0.717, 1.165) is 17.8 Å². The Morgan fingerprint density at radius 2 is 2.24 bits per heavy atom. The molecule has 2 heterocycles. The Morgan fingerprint density at radius 1 is 1.48 bits per heavy atom. The lowest BCUT2D eigenvalue weighted by atomic mass is 10.2. The summed E-state index contributed by atoms with van der Waals surface area (Å²) in [6.45, 7) is 5.23. The van der Waals surface area contributed by atoms with Crippen molar-refractivity contribution in [2.45, 2.75) is 39.3 Å². The Hall–Kier alpha value is -2.11. The molecule has 0 spiro atoms. The van der Waals surface area contributed by atoms with E-state index in [1.165, 1.54) is 4.90 Å². The maximum Gasteiger partial charge on any atom is 0.326 e. The van der Waals surface area contributed by atoms with Crippen molar-refractivity contribution >= 4 is 12.0 Å². The molecule has 2 rings (SSSR count). The van der Waals surface area contributed by atoms with Gasteiger partial charge in [0.15, 0.2) is 0 Å². The highest BCUT2D eigenvalue weighted by Gasteiger charge is 2.35. The number of amides is 2. The van der Waals surface area contributed by atoms with Crippen LogP contribution >= 0.6 is 0 Å². The molecule has 0 bridgehead atoms. The lowest BCUT2D eigenvalue weighted by Crippen LogP contribution is -2.47.